The molecule has 0 amide bonds. The molecule has 0 aliphatic heterocycles. The van der Waals surface area contributed by atoms with Crippen LogP contribution in [0.25, 0.3) is 22.3 Å². The number of nitrogens with zero attached hydrogens (tertiary/aromatic N) is 3. The normalized spacial score (nSPS) is 11.0. The number of hydrogen-bond acceptors (Lipinski definition) is 7. The smallest absolute Gasteiger partial charge is 0.310 e. The standard InChI is InChI=1S/C26H31N5O4/c1-3-7-21-23(13-12-22-25(21)19(17-27-22)16-24(32)33-4-2)35-15-6-5-14-34-20-10-8-18(9-11-20)26-28-30-31-29-26/h8-13,17,27H,3-7,14-16H2,1-2H3,(H,28,29,30,31). The van der Waals surface area contributed by atoms with Gasteiger partial charge in [0.25, 0.3) is 0 Å². The first-order valence-electron chi connectivity index (χ1n) is 12.1. The highest BCUT2D eigenvalue weighted by molar-refractivity contribution is 5.91. The van der Waals surface area contributed by atoms with Gasteiger partial charge >= 0.3 is 5.97 Å². The predicted octanol–water partition coefficient (Wildman–Crippen LogP) is 4.64. The molecule has 2 N–H and O–H groups in total. The van der Waals surface area contributed by atoms with Crippen molar-refractivity contribution in [3.05, 3.63) is 53.7 Å². The van der Waals surface area contributed by atoms with Crippen LogP contribution in [0.1, 0.15) is 44.2 Å². The first-order chi connectivity index (χ1) is 17.2. The Kier molecular flexibility index (Phi) is 8.32. The molecular formula is C26H31N5O4. The van der Waals surface area contributed by atoms with E-state index in [0.717, 1.165) is 64.8 Å². The van der Waals surface area contributed by atoms with Gasteiger partial charge in [-0.1, -0.05) is 13.3 Å². The van der Waals surface area contributed by atoms with Crippen molar-refractivity contribution in [2.45, 2.75) is 46.0 Å². The van der Waals surface area contributed by atoms with Crippen LogP contribution in [0.4, 0.5) is 0 Å². The molecule has 0 atom stereocenters. The van der Waals surface area contributed by atoms with Crippen molar-refractivity contribution in [2.75, 3.05) is 19.8 Å². The summed E-state index contributed by atoms with van der Waals surface area (Å²) in [6.07, 6.45) is 5.75. The third-order valence-electron chi connectivity index (χ3n) is 5.66. The van der Waals surface area contributed by atoms with Crippen molar-refractivity contribution in [1.82, 2.24) is 25.6 Å². The number of fused-ring (bicyclic) bond motifs is 1. The van der Waals surface area contributed by atoms with Crippen LogP contribution in [0.2, 0.25) is 0 Å². The number of carbonyl (C=O) groups excluding carboxylic acids is 1. The lowest BCUT2D eigenvalue weighted by molar-refractivity contribution is -0.142. The van der Waals surface area contributed by atoms with Gasteiger partial charge in [-0.3, -0.25) is 4.79 Å². The summed E-state index contributed by atoms with van der Waals surface area (Å²) in [5.74, 6) is 2.02. The van der Waals surface area contributed by atoms with Crippen molar-refractivity contribution in [3.63, 3.8) is 0 Å². The second-order valence-corrected chi connectivity index (χ2v) is 8.17. The summed E-state index contributed by atoms with van der Waals surface area (Å²) in [7, 11) is 0. The van der Waals surface area contributed by atoms with Crippen molar-refractivity contribution in [1.29, 1.82) is 0 Å². The lowest BCUT2D eigenvalue weighted by atomic mass is 10.00. The first-order valence-corrected chi connectivity index (χ1v) is 12.1. The van der Waals surface area contributed by atoms with Gasteiger partial charge in [0.2, 0.25) is 5.82 Å². The Bertz CT molecular complexity index is 1220. The number of unbranched alkanes of at least 4 members (excludes halogenated alkanes) is 1. The number of aromatic nitrogens is 5. The monoisotopic (exact) mass is 477 g/mol. The summed E-state index contributed by atoms with van der Waals surface area (Å²) in [5.41, 5.74) is 3.99. The number of nitrogens with one attached hydrogen (secondary N) is 2. The molecule has 0 bridgehead atoms. The topological polar surface area (TPSA) is 115 Å². The van der Waals surface area contributed by atoms with Gasteiger partial charge in [-0.25, -0.2) is 0 Å². The molecule has 2 aromatic heterocycles. The van der Waals surface area contributed by atoms with Crippen LogP contribution in [0, 0.1) is 0 Å². The molecule has 0 fully saturated rings. The van der Waals surface area contributed by atoms with E-state index in [1.165, 1.54) is 0 Å². The van der Waals surface area contributed by atoms with E-state index in [-0.39, 0.29) is 12.4 Å². The molecule has 0 aliphatic carbocycles. The van der Waals surface area contributed by atoms with Crippen LogP contribution in [0.3, 0.4) is 0 Å². The molecule has 0 unspecified atom stereocenters. The fourth-order valence-corrected chi connectivity index (χ4v) is 4.05. The van der Waals surface area contributed by atoms with E-state index in [0.29, 0.717) is 25.6 Å². The van der Waals surface area contributed by atoms with E-state index >= 15 is 0 Å². The summed E-state index contributed by atoms with van der Waals surface area (Å²) in [4.78, 5) is 15.3. The maximum absolute atomic E-state index is 12.1. The lowest BCUT2D eigenvalue weighted by Crippen LogP contribution is -2.08. The molecule has 4 aromatic rings. The summed E-state index contributed by atoms with van der Waals surface area (Å²) in [5, 5.41) is 15.0. The number of tetrazole rings is 1. The number of benzene rings is 2. The Hall–Kier alpha value is -3.88. The zero-order chi connectivity index (χ0) is 24.5. The summed E-state index contributed by atoms with van der Waals surface area (Å²) < 4.78 is 17.2. The summed E-state index contributed by atoms with van der Waals surface area (Å²) >= 11 is 0. The summed E-state index contributed by atoms with van der Waals surface area (Å²) in [6, 6.07) is 11.6. The van der Waals surface area contributed by atoms with E-state index < -0.39 is 0 Å². The molecule has 0 saturated heterocycles. The van der Waals surface area contributed by atoms with Crippen LogP contribution < -0.4 is 9.47 Å². The number of carbonyl (C=O) groups is 1. The van der Waals surface area contributed by atoms with E-state index in [1.807, 2.05) is 49.5 Å². The fourth-order valence-electron chi connectivity index (χ4n) is 4.05. The molecule has 35 heavy (non-hydrogen) atoms. The Balaban J connectivity index is 1.30. The van der Waals surface area contributed by atoms with Gasteiger partial charge in [0.1, 0.15) is 11.5 Å². The predicted molar refractivity (Wildman–Crippen MR) is 132 cm³/mol. The fraction of sp³-hybridized carbons (Fsp3) is 0.385. The maximum atomic E-state index is 12.1. The van der Waals surface area contributed by atoms with Crippen molar-refractivity contribution >= 4 is 16.9 Å². The molecule has 0 saturated carbocycles. The molecule has 0 radical (unpaired) electrons. The molecular weight excluding hydrogens is 446 g/mol. The number of ether oxygens (including phenoxy) is 3. The SMILES string of the molecule is CCCc1c(OCCCCOc2ccc(-c3nn[nH]n3)cc2)ccc2[nH]cc(CC(=O)OCC)c12. The van der Waals surface area contributed by atoms with E-state index in [4.69, 9.17) is 14.2 Å². The molecule has 9 heteroatoms. The number of aryl methyl sites for hydroxylation is 1. The van der Waals surface area contributed by atoms with Gasteiger partial charge in [-0.05, 0) is 73.4 Å². The number of esters is 1. The largest absolute Gasteiger partial charge is 0.494 e. The minimum absolute atomic E-state index is 0.216. The second kappa shape index (κ2) is 12.0. The second-order valence-electron chi connectivity index (χ2n) is 8.17. The molecule has 0 spiro atoms. The first kappa shape index (κ1) is 24.3. The zero-order valence-corrected chi connectivity index (χ0v) is 20.2. The summed E-state index contributed by atoms with van der Waals surface area (Å²) in [6.45, 7) is 5.55. The van der Waals surface area contributed by atoms with Crippen LogP contribution >= 0.6 is 0 Å². The minimum Gasteiger partial charge on any atom is -0.494 e. The minimum atomic E-state index is -0.216. The van der Waals surface area contributed by atoms with Gasteiger partial charge in [0.05, 0.1) is 26.2 Å². The molecule has 2 heterocycles. The zero-order valence-electron chi connectivity index (χ0n) is 20.2. The van der Waals surface area contributed by atoms with Gasteiger partial charge in [-0.2, -0.15) is 5.21 Å². The van der Waals surface area contributed by atoms with Crippen molar-refractivity contribution in [2.24, 2.45) is 0 Å². The maximum Gasteiger partial charge on any atom is 0.310 e. The average molecular weight is 478 g/mol. The number of rotatable bonds is 13. The number of hydrogen-bond donors (Lipinski definition) is 2. The Labute approximate surface area is 204 Å². The molecule has 9 nitrogen and oxygen atoms in total. The Morgan fingerprint density at radius 3 is 2.51 bits per heavy atom. The third kappa shape index (κ3) is 6.17. The van der Waals surface area contributed by atoms with Crippen LogP contribution in [-0.4, -0.2) is 51.4 Å². The van der Waals surface area contributed by atoms with Gasteiger partial charge in [0, 0.05) is 28.2 Å². The van der Waals surface area contributed by atoms with Crippen LogP contribution in [-0.2, 0) is 22.4 Å². The van der Waals surface area contributed by atoms with Gasteiger partial charge < -0.3 is 19.2 Å². The van der Waals surface area contributed by atoms with Crippen LogP contribution in [0.5, 0.6) is 11.5 Å². The van der Waals surface area contributed by atoms with E-state index in [9.17, 15) is 4.79 Å². The van der Waals surface area contributed by atoms with E-state index in [1.54, 1.807) is 0 Å². The lowest BCUT2D eigenvalue weighted by Gasteiger charge is -2.14. The quantitative estimate of drug-likeness (QED) is 0.213. The Morgan fingerprint density at radius 1 is 1.00 bits per heavy atom. The number of aromatic amines is 2. The number of H-pyrrole nitrogens is 2. The third-order valence-corrected chi connectivity index (χ3v) is 5.66. The van der Waals surface area contributed by atoms with Gasteiger partial charge in [0.15, 0.2) is 0 Å². The van der Waals surface area contributed by atoms with Crippen LogP contribution in [0.15, 0.2) is 42.6 Å². The average Bonchev–Trinajstić information content (AvgIpc) is 3.54. The highest BCUT2D eigenvalue weighted by Gasteiger charge is 2.16. The highest BCUT2D eigenvalue weighted by Crippen LogP contribution is 2.32. The molecule has 4 rings (SSSR count). The van der Waals surface area contributed by atoms with Crippen molar-refractivity contribution < 1.29 is 19.0 Å². The molecule has 0 aliphatic rings. The van der Waals surface area contributed by atoms with E-state index in [2.05, 4.69) is 32.5 Å². The highest BCUT2D eigenvalue weighted by atomic mass is 16.5. The van der Waals surface area contributed by atoms with Gasteiger partial charge in [-0.15, -0.1) is 10.2 Å². The van der Waals surface area contributed by atoms with Crippen molar-refractivity contribution in [3.8, 4) is 22.9 Å². The molecule has 2 aromatic carbocycles. The molecule has 184 valence electrons. The Morgan fingerprint density at radius 2 is 1.80 bits per heavy atom.